The first-order valence-electron chi connectivity index (χ1n) is 12.2. The average molecular weight is 476 g/mol. The molecule has 4 nitrogen and oxygen atoms in total. The maximum Gasteiger partial charge on any atom is 0.227 e. The number of aromatic nitrogens is 3. The van der Waals surface area contributed by atoms with Gasteiger partial charge in [-0.05, 0) is 35.7 Å². The number of hydrogen-bond donors (Lipinski definition) is 0. The molecule has 5 aromatic carbocycles. The van der Waals surface area contributed by atoms with Crippen molar-refractivity contribution in [1.82, 2.24) is 15.0 Å². The van der Waals surface area contributed by atoms with Crippen LogP contribution in [0.5, 0.6) is 0 Å². The summed E-state index contributed by atoms with van der Waals surface area (Å²) in [7, 11) is 0. The third-order valence-corrected chi connectivity index (χ3v) is 6.52. The van der Waals surface area contributed by atoms with E-state index in [1.807, 2.05) is 72.8 Å². The maximum absolute atomic E-state index is 6.12. The molecular weight excluding hydrogens is 454 g/mol. The second-order valence-electron chi connectivity index (χ2n) is 8.93. The molecule has 0 spiro atoms. The minimum Gasteiger partial charge on any atom is -0.436 e. The van der Waals surface area contributed by atoms with Crippen LogP contribution in [0.15, 0.2) is 132 Å². The Morgan fingerprint density at radius 3 is 1.65 bits per heavy atom. The predicted molar refractivity (Wildman–Crippen MR) is 149 cm³/mol. The van der Waals surface area contributed by atoms with Gasteiger partial charge in [0.05, 0.1) is 11.4 Å². The minimum atomic E-state index is 0.613. The van der Waals surface area contributed by atoms with Crippen molar-refractivity contribution < 1.29 is 4.42 Å². The van der Waals surface area contributed by atoms with Crippen LogP contribution in [-0.2, 0) is 0 Å². The number of fused-ring (bicyclic) bond motifs is 3. The fourth-order valence-corrected chi connectivity index (χ4v) is 4.64. The number of oxazole rings is 1. The molecule has 0 aliphatic heterocycles. The number of nitrogens with zero attached hydrogens (tertiary/aromatic N) is 3. The third-order valence-electron chi connectivity index (χ3n) is 6.52. The molecule has 2 heterocycles. The minimum absolute atomic E-state index is 0.613. The quantitative estimate of drug-likeness (QED) is 0.256. The van der Waals surface area contributed by atoms with E-state index in [0.29, 0.717) is 11.7 Å². The Morgan fingerprint density at radius 2 is 1.03 bits per heavy atom. The number of rotatable bonds is 4. The van der Waals surface area contributed by atoms with Crippen molar-refractivity contribution in [2.24, 2.45) is 0 Å². The smallest absolute Gasteiger partial charge is 0.227 e. The van der Waals surface area contributed by atoms with Gasteiger partial charge in [0.1, 0.15) is 5.52 Å². The Bertz CT molecular complexity index is 1800. The molecule has 0 bridgehead atoms. The molecule has 174 valence electrons. The van der Waals surface area contributed by atoms with Crippen LogP contribution in [0.2, 0.25) is 0 Å². The van der Waals surface area contributed by atoms with Gasteiger partial charge in [-0.15, -0.1) is 0 Å². The molecule has 0 radical (unpaired) electrons. The van der Waals surface area contributed by atoms with Gasteiger partial charge in [0.15, 0.2) is 11.4 Å². The lowest BCUT2D eigenvalue weighted by molar-refractivity contribution is 0.620. The van der Waals surface area contributed by atoms with E-state index in [9.17, 15) is 0 Å². The summed E-state index contributed by atoms with van der Waals surface area (Å²) in [4.78, 5) is 14.8. The lowest BCUT2D eigenvalue weighted by Crippen LogP contribution is -1.96. The Labute approximate surface area is 213 Å². The zero-order valence-electron chi connectivity index (χ0n) is 19.9. The molecule has 2 aromatic heterocycles. The normalized spacial score (nSPS) is 11.2. The maximum atomic E-state index is 6.12. The monoisotopic (exact) mass is 475 g/mol. The highest BCUT2D eigenvalue weighted by molar-refractivity contribution is 6.05. The van der Waals surface area contributed by atoms with Gasteiger partial charge in [-0.25, -0.2) is 15.0 Å². The van der Waals surface area contributed by atoms with Crippen LogP contribution >= 0.6 is 0 Å². The lowest BCUT2D eigenvalue weighted by Gasteiger charge is -2.10. The van der Waals surface area contributed by atoms with Crippen molar-refractivity contribution in [3.05, 3.63) is 127 Å². The zero-order chi connectivity index (χ0) is 24.6. The van der Waals surface area contributed by atoms with Gasteiger partial charge in [0, 0.05) is 27.6 Å². The highest BCUT2D eigenvalue weighted by Crippen LogP contribution is 2.33. The summed E-state index contributed by atoms with van der Waals surface area (Å²) in [6.45, 7) is 0. The fraction of sp³-hybridized carbons (Fsp3) is 0. The molecule has 0 saturated heterocycles. The summed E-state index contributed by atoms with van der Waals surface area (Å²) in [5.41, 5.74) is 7.35. The van der Waals surface area contributed by atoms with Gasteiger partial charge in [0.2, 0.25) is 5.89 Å². The molecular formula is C33H21N3O. The van der Waals surface area contributed by atoms with Gasteiger partial charge in [-0.1, -0.05) is 97.1 Å². The first kappa shape index (κ1) is 21.2. The summed E-state index contributed by atoms with van der Waals surface area (Å²) in [5, 5.41) is 2.10. The van der Waals surface area contributed by atoms with E-state index in [0.717, 1.165) is 55.5 Å². The topological polar surface area (TPSA) is 51.8 Å². The van der Waals surface area contributed by atoms with Gasteiger partial charge in [-0.3, -0.25) is 0 Å². The molecule has 0 unspecified atom stereocenters. The van der Waals surface area contributed by atoms with E-state index in [2.05, 4.69) is 54.6 Å². The molecule has 7 aromatic rings. The second-order valence-corrected chi connectivity index (χ2v) is 8.93. The third kappa shape index (κ3) is 3.95. The van der Waals surface area contributed by atoms with Gasteiger partial charge >= 0.3 is 0 Å². The van der Waals surface area contributed by atoms with E-state index in [1.165, 1.54) is 0 Å². The van der Waals surface area contributed by atoms with Crippen LogP contribution in [0.25, 0.3) is 67.2 Å². The van der Waals surface area contributed by atoms with Crippen molar-refractivity contribution in [2.45, 2.75) is 0 Å². The first-order valence-corrected chi connectivity index (χ1v) is 12.2. The van der Waals surface area contributed by atoms with Gasteiger partial charge in [-0.2, -0.15) is 0 Å². The van der Waals surface area contributed by atoms with E-state index < -0.39 is 0 Å². The zero-order valence-corrected chi connectivity index (χ0v) is 19.9. The van der Waals surface area contributed by atoms with Gasteiger partial charge in [0.25, 0.3) is 0 Å². The van der Waals surface area contributed by atoms with Gasteiger partial charge < -0.3 is 4.42 Å². The summed E-state index contributed by atoms with van der Waals surface area (Å²) in [6.07, 6.45) is 0. The molecule has 0 atom stereocenters. The van der Waals surface area contributed by atoms with Crippen LogP contribution in [0.3, 0.4) is 0 Å². The lowest BCUT2D eigenvalue weighted by atomic mass is 10.0. The summed E-state index contributed by atoms with van der Waals surface area (Å²) >= 11 is 0. The van der Waals surface area contributed by atoms with E-state index in [4.69, 9.17) is 19.4 Å². The Kier molecular flexibility index (Phi) is 5.07. The number of hydrogen-bond acceptors (Lipinski definition) is 4. The van der Waals surface area contributed by atoms with Crippen molar-refractivity contribution in [1.29, 1.82) is 0 Å². The van der Waals surface area contributed by atoms with E-state index in [-0.39, 0.29) is 0 Å². The molecule has 0 aliphatic rings. The van der Waals surface area contributed by atoms with Crippen molar-refractivity contribution >= 4 is 21.9 Å². The molecule has 4 heteroatoms. The largest absolute Gasteiger partial charge is 0.436 e. The predicted octanol–water partition coefficient (Wildman–Crippen LogP) is 8.44. The highest BCUT2D eigenvalue weighted by Gasteiger charge is 2.14. The second kappa shape index (κ2) is 8.85. The van der Waals surface area contributed by atoms with Crippen LogP contribution < -0.4 is 0 Å². The van der Waals surface area contributed by atoms with Crippen LogP contribution in [0.1, 0.15) is 0 Å². The highest BCUT2D eigenvalue weighted by atomic mass is 16.3. The van der Waals surface area contributed by atoms with Crippen molar-refractivity contribution in [3.8, 4) is 45.4 Å². The Hall–Kier alpha value is -5.09. The molecule has 7 rings (SSSR count). The van der Waals surface area contributed by atoms with E-state index >= 15 is 0 Å². The molecule has 0 N–H and O–H groups in total. The summed E-state index contributed by atoms with van der Waals surface area (Å²) < 4.78 is 6.12. The summed E-state index contributed by atoms with van der Waals surface area (Å²) in [6, 6.07) is 42.8. The molecule has 37 heavy (non-hydrogen) atoms. The van der Waals surface area contributed by atoms with Crippen LogP contribution in [0, 0.1) is 0 Å². The molecule has 0 amide bonds. The first-order chi connectivity index (χ1) is 18.3. The molecule has 0 fully saturated rings. The molecule has 0 aliphatic carbocycles. The standard InChI is InChI=1S/C33H21N3O/c1-4-10-23(11-5-1)28-21-29(24-12-6-2-7-13-24)35-32(34-28)26-17-16-22-18-19-30-31(27(22)20-26)36-33(37-30)25-14-8-3-9-15-25/h1-21H. The molecule has 0 saturated carbocycles. The SMILES string of the molecule is c1ccc(-c2cc(-c3ccccc3)nc(-c3ccc4ccc5oc(-c6ccccc6)nc5c4c3)n2)cc1. The van der Waals surface area contributed by atoms with Crippen molar-refractivity contribution in [2.75, 3.05) is 0 Å². The van der Waals surface area contributed by atoms with Crippen LogP contribution in [-0.4, -0.2) is 15.0 Å². The average Bonchev–Trinajstić information content (AvgIpc) is 3.43. The fourth-order valence-electron chi connectivity index (χ4n) is 4.64. The van der Waals surface area contributed by atoms with Crippen molar-refractivity contribution in [3.63, 3.8) is 0 Å². The Balaban J connectivity index is 1.42. The van der Waals surface area contributed by atoms with Crippen LogP contribution in [0.4, 0.5) is 0 Å². The van der Waals surface area contributed by atoms with E-state index in [1.54, 1.807) is 0 Å². The number of benzene rings is 5. The summed E-state index contributed by atoms with van der Waals surface area (Å²) in [5.74, 6) is 1.29. The Morgan fingerprint density at radius 1 is 0.459 bits per heavy atom.